The number of aromatic carboxylic acids is 1. The molecule has 0 unspecified atom stereocenters. The van der Waals surface area contributed by atoms with Crippen molar-refractivity contribution < 1.29 is 24.0 Å². The van der Waals surface area contributed by atoms with Crippen molar-refractivity contribution in [2.75, 3.05) is 25.0 Å². The van der Waals surface area contributed by atoms with Crippen molar-refractivity contribution in [3.63, 3.8) is 0 Å². The van der Waals surface area contributed by atoms with Crippen molar-refractivity contribution >= 4 is 28.5 Å². The van der Waals surface area contributed by atoms with Gasteiger partial charge in [-0.2, -0.15) is 4.98 Å². The maximum atomic E-state index is 12.1. The van der Waals surface area contributed by atoms with E-state index in [4.69, 9.17) is 9.26 Å². The summed E-state index contributed by atoms with van der Waals surface area (Å²) in [6.45, 7) is 4.99. The van der Waals surface area contributed by atoms with E-state index in [9.17, 15) is 14.7 Å². The number of benzene rings is 1. The van der Waals surface area contributed by atoms with Crippen molar-refractivity contribution in [1.82, 2.24) is 25.0 Å². The second-order valence-corrected chi connectivity index (χ2v) is 7.81. The molecule has 3 heterocycles. The van der Waals surface area contributed by atoms with Crippen LogP contribution in [0.4, 0.5) is 5.82 Å². The molecule has 182 valence electrons. The fourth-order valence-corrected chi connectivity index (χ4v) is 3.78. The largest absolute Gasteiger partial charge is 0.478 e. The minimum atomic E-state index is -1.10. The first-order valence-corrected chi connectivity index (χ1v) is 11.1. The van der Waals surface area contributed by atoms with Crippen LogP contribution in [0.3, 0.4) is 0 Å². The van der Waals surface area contributed by atoms with Gasteiger partial charge in [-0.1, -0.05) is 17.3 Å². The fraction of sp³-hybridized carbons (Fsp3) is 0.292. The van der Waals surface area contributed by atoms with E-state index >= 15 is 0 Å². The molecular weight excluding hydrogens is 452 g/mol. The van der Waals surface area contributed by atoms with Crippen LogP contribution in [0.2, 0.25) is 0 Å². The van der Waals surface area contributed by atoms with Crippen molar-refractivity contribution in [1.29, 1.82) is 0 Å². The number of pyridine rings is 1. The number of nitrogens with one attached hydrogen (secondary N) is 2. The third-order valence-electron chi connectivity index (χ3n) is 5.51. The molecule has 0 radical (unpaired) electrons. The van der Waals surface area contributed by atoms with Gasteiger partial charge in [0.1, 0.15) is 11.5 Å². The number of aromatic nitrogens is 4. The molecule has 0 spiro atoms. The van der Waals surface area contributed by atoms with Crippen LogP contribution in [0, 0.1) is 6.92 Å². The molecule has 0 saturated carbocycles. The number of aryl methyl sites for hydroxylation is 1. The van der Waals surface area contributed by atoms with Gasteiger partial charge in [0.05, 0.1) is 12.2 Å². The van der Waals surface area contributed by atoms with E-state index < -0.39 is 11.9 Å². The summed E-state index contributed by atoms with van der Waals surface area (Å²) < 4.78 is 11.7. The molecule has 4 aromatic rings. The predicted octanol–water partition coefficient (Wildman–Crippen LogP) is 3.01. The van der Waals surface area contributed by atoms with E-state index in [1.165, 1.54) is 6.07 Å². The van der Waals surface area contributed by atoms with Crippen molar-refractivity contribution in [2.45, 2.75) is 20.4 Å². The van der Waals surface area contributed by atoms with E-state index in [-0.39, 0.29) is 24.4 Å². The molecule has 0 bridgehead atoms. The number of carboxylic acids is 1. The Labute approximate surface area is 201 Å². The highest BCUT2D eigenvalue weighted by atomic mass is 16.5. The number of nitrogens with zero attached hydrogens (tertiary/aromatic N) is 4. The molecule has 0 aliphatic carbocycles. The molecular formula is C24H26N6O5. The Morgan fingerprint density at radius 3 is 2.74 bits per heavy atom. The van der Waals surface area contributed by atoms with E-state index in [2.05, 4.69) is 25.8 Å². The van der Waals surface area contributed by atoms with Gasteiger partial charge in [-0.15, -0.1) is 0 Å². The smallest absolute Gasteiger partial charge is 0.354 e. The molecule has 0 saturated heterocycles. The highest BCUT2D eigenvalue weighted by Gasteiger charge is 2.22. The maximum absolute atomic E-state index is 12.1. The molecule has 0 aliphatic heterocycles. The standard InChI is InChI=1S/C24H26N6O5/c1-4-34-24(33)19-12-18(23(31)32)20(30(19)3)13-25-9-10-27-22-17-11-16(21-28-14(2)35-29-21)6-5-15(17)7-8-26-22/h5-8,11-12,25H,4,9-10,13H2,1-3H3,(H,26,27)(H,31,32). The third-order valence-corrected chi connectivity index (χ3v) is 5.51. The van der Waals surface area contributed by atoms with Crippen LogP contribution < -0.4 is 10.6 Å². The van der Waals surface area contributed by atoms with Crippen LogP contribution in [-0.2, 0) is 18.3 Å². The lowest BCUT2D eigenvalue weighted by Gasteiger charge is -2.12. The highest BCUT2D eigenvalue weighted by Crippen LogP contribution is 2.26. The van der Waals surface area contributed by atoms with Gasteiger partial charge in [-0.05, 0) is 30.5 Å². The van der Waals surface area contributed by atoms with Crippen LogP contribution in [0.1, 0.15) is 39.4 Å². The number of ether oxygens (including phenoxy) is 1. The molecule has 11 nitrogen and oxygen atoms in total. The average molecular weight is 479 g/mol. The molecule has 35 heavy (non-hydrogen) atoms. The first-order valence-electron chi connectivity index (χ1n) is 11.1. The zero-order valence-corrected chi connectivity index (χ0v) is 19.7. The Hall–Kier alpha value is -4.25. The van der Waals surface area contributed by atoms with Gasteiger partial charge in [0.2, 0.25) is 11.7 Å². The van der Waals surface area contributed by atoms with Crippen LogP contribution in [0.5, 0.6) is 0 Å². The van der Waals surface area contributed by atoms with E-state index in [0.717, 1.165) is 16.3 Å². The van der Waals surface area contributed by atoms with Gasteiger partial charge < -0.3 is 29.6 Å². The normalized spacial score (nSPS) is 11.1. The number of fused-ring (bicyclic) bond motifs is 1. The molecule has 0 atom stereocenters. The quantitative estimate of drug-likeness (QED) is 0.230. The second kappa shape index (κ2) is 10.3. The zero-order valence-electron chi connectivity index (χ0n) is 19.7. The molecule has 3 aromatic heterocycles. The SMILES string of the molecule is CCOC(=O)c1cc(C(=O)O)c(CNCCNc2nccc3ccc(-c4noc(C)n4)cc23)n1C. The van der Waals surface area contributed by atoms with Crippen LogP contribution in [0.25, 0.3) is 22.2 Å². The monoisotopic (exact) mass is 478 g/mol. The summed E-state index contributed by atoms with van der Waals surface area (Å²) in [6.07, 6.45) is 1.73. The Balaban J connectivity index is 1.42. The van der Waals surface area contributed by atoms with Gasteiger partial charge in [-0.25, -0.2) is 14.6 Å². The fourth-order valence-electron chi connectivity index (χ4n) is 3.78. The maximum Gasteiger partial charge on any atom is 0.354 e. The van der Waals surface area contributed by atoms with Gasteiger partial charge in [0.15, 0.2) is 0 Å². The Kier molecular flexibility index (Phi) is 7.06. The summed E-state index contributed by atoms with van der Waals surface area (Å²) >= 11 is 0. The van der Waals surface area contributed by atoms with E-state index in [1.807, 2.05) is 24.3 Å². The minimum absolute atomic E-state index is 0.0657. The predicted molar refractivity (Wildman–Crippen MR) is 128 cm³/mol. The summed E-state index contributed by atoms with van der Waals surface area (Å²) in [6, 6.07) is 9.14. The minimum Gasteiger partial charge on any atom is -0.478 e. The van der Waals surface area contributed by atoms with Crippen LogP contribution in [0.15, 0.2) is 41.1 Å². The lowest BCUT2D eigenvalue weighted by Crippen LogP contribution is -2.24. The lowest BCUT2D eigenvalue weighted by molar-refractivity contribution is 0.0514. The number of hydrogen-bond donors (Lipinski definition) is 3. The van der Waals surface area contributed by atoms with E-state index in [1.54, 1.807) is 31.7 Å². The van der Waals surface area contributed by atoms with Crippen molar-refractivity contribution in [3.05, 3.63) is 59.4 Å². The molecule has 0 amide bonds. The second-order valence-electron chi connectivity index (χ2n) is 7.81. The zero-order chi connectivity index (χ0) is 24.9. The number of carbonyl (C=O) groups is 2. The Morgan fingerprint density at radius 1 is 1.20 bits per heavy atom. The molecule has 3 N–H and O–H groups in total. The van der Waals surface area contributed by atoms with Gasteiger partial charge in [0.25, 0.3) is 0 Å². The summed E-state index contributed by atoms with van der Waals surface area (Å²) in [7, 11) is 1.65. The van der Waals surface area contributed by atoms with E-state index in [0.29, 0.717) is 36.3 Å². The number of carboxylic acid groups (broad SMARTS) is 1. The number of hydrogen-bond acceptors (Lipinski definition) is 9. The van der Waals surface area contributed by atoms with Gasteiger partial charge >= 0.3 is 11.9 Å². The first-order chi connectivity index (χ1) is 16.9. The van der Waals surface area contributed by atoms with Crippen LogP contribution >= 0.6 is 0 Å². The Morgan fingerprint density at radius 2 is 2.03 bits per heavy atom. The molecule has 11 heteroatoms. The number of anilines is 1. The topological polar surface area (TPSA) is 144 Å². The van der Waals surface area contributed by atoms with Crippen molar-refractivity contribution in [2.24, 2.45) is 7.05 Å². The Bertz CT molecular complexity index is 1380. The molecule has 4 rings (SSSR count). The summed E-state index contributed by atoms with van der Waals surface area (Å²) in [4.78, 5) is 32.5. The van der Waals surface area contributed by atoms with Gasteiger partial charge in [-0.3, -0.25) is 0 Å². The lowest BCUT2D eigenvalue weighted by atomic mass is 10.1. The third kappa shape index (κ3) is 5.14. The molecule has 0 fully saturated rings. The average Bonchev–Trinajstić information content (AvgIpc) is 3.42. The van der Waals surface area contributed by atoms with Crippen LogP contribution in [-0.4, -0.2) is 56.4 Å². The van der Waals surface area contributed by atoms with Gasteiger partial charge in [0, 0.05) is 56.4 Å². The van der Waals surface area contributed by atoms with Crippen molar-refractivity contribution in [3.8, 4) is 11.4 Å². The molecule has 0 aliphatic rings. The molecule has 1 aromatic carbocycles. The number of carbonyl (C=O) groups excluding carboxylic acids is 1. The summed E-state index contributed by atoms with van der Waals surface area (Å²) in [5.41, 5.74) is 1.58. The number of esters is 1. The first kappa shape index (κ1) is 23.9. The highest BCUT2D eigenvalue weighted by molar-refractivity contribution is 5.96. The summed E-state index contributed by atoms with van der Waals surface area (Å²) in [5, 5.41) is 22.0. The number of rotatable bonds is 10. The summed E-state index contributed by atoms with van der Waals surface area (Å²) in [5.74, 6) is 0.0664.